The molecule has 3 aromatic carbocycles. The van der Waals surface area contributed by atoms with E-state index in [0.29, 0.717) is 33.4 Å². The normalized spacial score (nSPS) is 21.3. The van der Waals surface area contributed by atoms with E-state index in [9.17, 15) is 19.6 Å². The second-order valence-corrected chi connectivity index (χ2v) is 7.17. The third-order valence-corrected chi connectivity index (χ3v) is 5.52. The Balaban J connectivity index is 2.05. The van der Waals surface area contributed by atoms with Crippen LogP contribution in [-0.2, 0) is 10.4 Å². The fourth-order valence-corrected chi connectivity index (χ4v) is 4.03. The summed E-state index contributed by atoms with van der Waals surface area (Å²) in [5.74, 6) is -1.39. The van der Waals surface area contributed by atoms with Gasteiger partial charge in [0.2, 0.25) is 0 Å². The van der Waals surface area contributed by atoms with Crippen molar-refractivity contribution >= 4 is 16.9 Å². The van der Waals surface area contributed by atoms with Crippen molar-refractivity contribution in [3.63, 3.8) is 0 Å². The number of carbonyl (C=O) groups is 1. The minimum Gasteiger partial charge on any atom is -0.380 e. The maximum atomic E-state index is 13.5. The number of rotatable bonds is 3. The van der Waals surface area contributed by atoms with Crippen LogP contribution in [0.5, 0.6) is 0 Å². The zero-order valence-electron chi connectivity index (χ0n) is 15.8. The van der Waals surface area contributed by atoms with E-state index >= 15 is 0 Å². The number of allylic oxidation sites excluding steroid dienone is 1. The van der Waals surface area contributed by atoms with Crippen molar-refractivity contribution in [3.05, 3.63) is 107 Å². The molecule has 1 N–H and O–H groups in total. The highest BCUT2D eigenvalue weighted by Gasteiger charge is 2.52. The fraction of sp³-hybridized carbons (Fsp3) is 0.120. The summed E-state index contributed by atoms with van der Waals surface area (Å²) in [6.45, 7) is 1.68. The van der Waals surface area contributed by atoms with E-state index in [4.69, 9.17) is 0 Å². The molecule has 0 aliphatic heterocycles. The Hall–Kier alpha value is -3.55. The standard InChI is InChI=1S/C25H18FNO2/c1-16-24(28)22(18-10-12-21(26)13-11-18)23(19-7-3-2-4-8-19)25(16,29)20-9-5-6-17(14-20)15-27/h2-14,16,29H,1H3/t16-,25+/m0/s1. The Labute approximate surface area is 168 Å². The summed E-state index contributed by atoms with van der Waals surface area (Å²) in [5.41, 5.74) is 1.36. The molecule has 4 heteroatoms. The molecule has 0 saturated heterocycles. The maximum Gasteiger partial charge on any atom is 0.170 e. The monoisotopic (exact) mass is 383 g/mol. The lowest BCUT2D eigenvalue weighted by Gasteiger charge is -2.31. The lowest BCUT2D eigenvalue weighted by molar-refractivity contribution is -0.121. The van der Waals surface area contributed by atoms with Crippen LogP contribution in [0.4, 0.5) is 4.39 Å². The van der Waals surface area contributed by atoms with Crippen LogP contribution in [0.25, 0.3) is 11.1 Å². The molecule has 2 atom stereocenters. The van der Waals surface area contributed by atoms with Gasteiger partial charge in [0.1, 0.15) is 11.4 Å². The Morgan fingerprint density at radius 2 is 1.66 bits per heavy atom. The number of ketones is 1. The molecule has 0 heterocycles. The number of aliphatic hydroxyl groups is 1. The molecule has 1 aliphatic carbocycles. The molecule has 3 aromatic rings. The van der Waals surface area contributed by atoms with Crippen LogP contribution in [0.15, 0.2) is 78.9 Å². The number of hydrogen-bond acceptors (Lipinski definition) is 3. The molecule has 0 saturated carbocycles. The van der Waals surface area contributed by atoms with Crippen molar-refractivity contribution in [1.29, 1.82) is 5.26 Å². The lowest BCUT2D eigenvalue weighted by Crippen LogP contribution is -2.34. The average Bonchev–Trinajstić information content (AvgIpc) is 2.97. The van der Waals surface area contributed by atoms with E-state index in [1.807, 2.05) is 30.3 Å². The molecular formula is C25H18FNO2. The van der Waals surface area contributed by atoms with Gasteiger partial charge in [0.05, 0.1) is 17.6 Å². The third kappa shape index (κ3) is 2.97. The van der Waals surface area contributed by atoms with Gasteiger partial charge < -0.3 is 5.11 Å². The predicted octanol–water partition coefficient (Wildman–Crippen LogP) is 4.71. The van der Waals surface area contributed by atoms with Gasteiger partial charge in [-0.1, -0.05) is 61.5 Å². The van der Waals surface area contributed by atoms with Gasteiger partial charge in [-0.15, -0.1) is 0 Å². The van der Waals surface area contributed by atoms with Crippen LogP contribution in [0, 0.1) is 23.1 Å². The summed E-state index contributed by atoms with van der Waals surface area (Å²) in [5, 5.41) is 21.3. The molecule has 0 aromatic heterocycles. The van der Waals surface area contributed by atoms with E-state index in [-0.39, 0.29) is 5.78 Å². The quantitative estimate of drug-likeness (QED) is 0.712. The fourth-order valence-electron chi connectivity index (χ4n) is 4.03. The number of Topliss-reactive ketones (excluding diaryl/α,β-unsaturated/α-hetero) is 1. The largest absolute Gasteiger partial charge is 0.380 e. The second-order valence-electron chi connectivity index (χ2n) is 7.17. The maximum absolute atomic E-state index is 13.5. The smallest absolute Gasteiger partial charge is 0.170 e. The molecule has 142 valence electrons. The molecule has 0 bridgehead atoms. The van der Waals surface area contributed by atoms with E-state index in [1.54, 1.807) is 43.3 Å². The number of nitriles is 1. The van der Waals surface area contributed by atoms with E-state index in [2.05, 4.69) is 6.07 Å². The first kappa shape index (κ1) is 18.8. The summed E-state index contributed by atoms with van der Waals surface area (Å²) in [6, 6.07) is 23.7. The van der Waals surface area contributed by atoms with Crippen LogP contribution in [-0.4, -0.2) is 10.9 Å². The predicted molar refractivity (Wildman–Crippen MR) is 109 cm³/mol. The zero-order valence-corrected chi connectivity index (χ0v) is 15.8. The van der Waals surface area contributed by atoms with Gasteiger partial charge in [-0.05, 0) is 41.0 Å². The van der Waals surface area contributed by atoms with Crippen molar-refractivity contribution in [3.8, 4) is 6.07 Å². The summed E-state index contributed by atoms with van der Waals surface area (Å²) in [6.07, 6.45) is 0. The molecule has 0 spiro atoms. The van der Waals surface area contributed by atoms with Gasteiger partial charge in [-0.3, -0.25) is 4.79 Å². The first-order chi connectivity index (χ1) is 14.0. The lowest BCUT2D eigenvalue weighted by atomic mass is 9.77. The van der Waals surface area contributed by atoms with E-state index in [1.165, 1.54) is 12.1 Å². The van der Waals surface area contributed by atoms with Crippen LogP contribution in [0.3, 0.4) is 0 Å². The van der Waals surface area contributed by atoms with Crippen LogP contribution < -0.4 is 0 Å². The molecule has 0 fully saturated rings. The average molecular weight is 383 g/mol. The third-order valence-electron chi connectivity index (χ3n) is 5.52. The van der Waals surface area contributed by atoms with Crippen molar-refractivity contribution in [2.24, 2.45) is 5.92 Å². The second kappa shape index (κ2) is 7.12. The Morgan fingerprint density at radius 3 is 2.31 bits per heavy atom. The highest BCUT2D eigenvalue weighted by molar-refractivity contribution is 6.33. The highest BCUT2D eigenvalue weighted by atomic mass is 19.1. The zero-order chi connectivity index (χ0) is 20.6. The molecule has 0 unspecified atom stereocenters. The van der Waals surface area contributed by atoms with Crippen LogP contribution >= 0.6 is 0 Å². The van der Waals surface area contributed by atoms with Crippen molar-refractivity contribution in [1.82, 2.24) is 0 Å². The minimum absolute atomic E-state index is 0.222. The van der Waals surface area contributed by atoms with Gasteiger partial charge in [-0.25, -0.2) is 4.39 Å². The Kier molecular flexibility index (Phi) is 4.62. The number of hydrogen-bond donors (Lipinski definition) is 1. The highest BCUT2D eigenvalue weighted by Crippen LogP contribution is 2.53. The molecule has 4 rings (SSSR count). The van der Waals surface area contributed by atoms with Crippen LogP contribution in [0.1, 0.15) is 29.2 Å². The molecule has 0 amide bonds. The summed E-state index contributed by atoms with van der Waals surface area (Å²) in [4.78, 5) is 13.3. The summed E-state index contributed by atoms with van der Waals surface area (Å²) >= 11 is 0. The number of halogens is 1. The first-order valence-electron chi connectivity index (χ1n) is 9.30. The van der Waals surface area contributed by atoms with E-state index in [0.717, 1.165) is 0 Å². The SMILES string of the molecule is C[C@H]1C(=O)C(c2ccc(F)cc2)=C(c2ccccc2)[C@]1(O)c1cccc(C#N)c1. The van der Waals surface area contributed by atoms with Gasteiger partial charge in [-0.2, -0.15) is 5.26 Å². The number of benzene rings is 3. The van der Waals surface area contributed by atoms with E-state index < -0.39 is 17.3 Å². The number of carbonyl (C=O) groups excluding carboxylic acids is 1. The van der Waals surface area contributed by atoms with Gasteiger partial charge in [0, 0.05) is 11.1 Å². The van der Waals surface area contributed by atoms with Crippen molar-refractivity contribution < 1.29 is 14.3 Å². The molecule has 3 nitrogen and oxygen atoms in total. The molecule has 29 heavy (non-hydrogen) atoms. The van der Waals surface area contributed by atoms with Crippen molar-refractivity contribution in [2.75, 3.05) is 0 Å². The van der Waals surface area contributed by atoms with Gasteiger partial charge in [0.15, 0.2) is 5.78 Å². The molecular weight excluding hydrogens is 365 g/mol. The van der Waals surface area contributed by atoms with Gasteiger partial charge >= 0.3 is 0 Å². The van der Waals surface area contributed by atoms with Gasteiger partial charge in [0.25, 0.3) is 0 Å². The summed E-state index contributed by atoms with van der Waals surface area (Å²) in [7, 11) is 0. The number of nitrogens with zero attached hydrogens (tertiary/aromatic N) is 1. The first-order valence-corrected chi connectivity index (χ1v) is 9.30. The topological polar surface area (TPSA) is 61.1 Å². The van der Waals surface area contributed by atoms with Crippen molar-refractivity contribution in [2.45, 2.75) is 12.5 Å². The Bertz CT molecular complexity index is 1160. The molecule has 0 radical (unpaired) electrons. The minimum atomic E-state index is -1.62. The molecule has 1 aliphatic rings. The van der Waals surface area contributed by atoms with Crippen LogP contribution in [0.2, 0.25) is 0 Å². The summed E-state index contributed by atoms with van der Waals surface area (Å²) < 4.78 is 13.5. The Morgan fingerprint density at radius 1 is 0.966 bits per heavy atom.